The zero-order chi connectivity index (χ0) is 17.8. The number of hydrogen-bond acceptors (Lipinski definition) is 5. The molecule has 1 aromatic rings. The molecular weight excluding hydrogens is 324 g/mol. The van der Waals surface area contributed by atoms with Crippen molar-refractivity contribution in [1.82, 2.24) is 15.5 Å². The molecule has 2 aliphatic heterocycles. The molecule has 8 nitrogen and oxygen atoms in total. The third-order valence-electron chi connectivity index (χ3n) is 4.56. The average Bonchev–Trinajstić information content (AvgIpc) is 2.97. The van der Waals surface area contributed by atoms with Crippen molar-refractivity contribution in [2.75, 3.05) is 38.2 Å². The molecule has 0 spiro atoms. The minimum Gasteiger partial charge on any atom is -0.497 e. The van der Waals surface area contributed by atoms with Crippen molar-refractivity contribution >= 4 is 23.5 Å². The lowest BCUT2D eigenvalue weighted by atomic mass is 10.1. The van der Waals surface area contributed by atoms with E-state index in [0.717, 1.165) is 24.5 Å². The van der Waals surface area contributed by atoms with Gasteiger partial charge in [-0.2, -0.15) is 0 Å². The molecule has 3 rings (SSSR count). The van der Waals surface area contributed by atoms with Crippen molar-refractivity contribution < 1.29 is 19.1 Å². The summed E-state index contributed by atoms with van der Waals surface area (Å²) in [5.74, 6) is 0.466. The maximum Gasteiger partial charge on any atom is 0.322 e. The first-order valence-corrected chi connectivity index (χ1v) is 8.35. The lowest BCUT2D eigenvalue weighted by Crippen LogP contribution is -2.49. The van der Waals surface area contributed by atoms with E-state index in [1.165, 1.54) is 0 Å². The number of ether oxygens (including phenoxy) is 1. The van der Waals surface area contributed by atoms with Crippen LogP contribution in [0.1, 0.15) is 12.8 Å². The number of imide groups is 1. The summed E-state index contributed by atoms with van der Waals surface area (Å²) in [4.78, 5) is 38.9. The number of carbonyl (C=O) groups excluding carboxylic acids is 3. The highest BCUT2D eigenvalue weighted by molar-refractivity contribution is 6.04. The van der Waals surface area contributed by atoms with Crippen LogP contribution >= 0.6 is 0 Å². The van der Waals surface area contributed by atoms with E-state index < -0.39 is 12.1 Å². The molecule has 1 atom stereocenters. The van der Waals surface area contributed by atoms with Gasteiger partial charge in [-0.3, -0.25) is 14.9 Å². The Kier molecular flexibility index (Phi) is 5.06. The van der Waals surface area contributed by atoms with Gasteiger partial charge in [0.1, 0.15) is 11.8 Å². The first-order chi connectivity index (χ1) is 12.1. The van der Waals surface area contributed by atoms with Crippen LogP contribution < -0.4 is 20.3 Å². The normalized spacial score (nSPS) is 20.3. The monoisotopic (exact) mass is 346 g/mol. The number of urea groups is 1. The number of piperazine rings is 1. The van der Waals surface area contributed by atoms with Gasteiger partial charge in [0.25, 0.3) is 5.91 Å². The molecule has 0 radical (unpaired) electrons. The summed E-state index contributed by atoms with van der Waals surface area (Å²) in [6.45, 7) is 2.78. The number of methoxy groups -OCH3 is 1. The summed E-state index contributed by atoms with van der Waals surface area (Å²) in [5, 5.41) is 4.68. The maximum atomic E-state index is 12.3. The molecule has 1 aromatic carbocycles. The van der Waals surface area contributed by atoms with Crippen molar-refractivity contribution in [3.8, 4) is 5.75 Å². The standard InChI is InChI=1S/C17H22N4O4/c1-25-13-4-2-3-12(11-13)20-7-9-21(10-8-20)15(22)6-5-14-16(23)19-17(24)18-14/h2-4,11,14H,5-10H2,1H3,(H2,18,19,23,24)/t14-/m0/s1. The van der Waals surface area contributed by atoms with Crippen LogP contribution in [0.25, 0.3) is 0 Å². The van der Waals surface area contributed by atoms with Crippen molar-refractivity contribution in [3.05, 3.63) is 24.3 Å². The predicted molar refractivity (Wildman–Crippen MR) is 91.5 cm³/mol. The van der Waals surface area contributed by atoms with Crippen LogP contribution in [0.5, 0.6) is 5.75 Å². The van der Waals surface area contributed by atoms with Gasteiger partial charge in [-0.05, 0) is 18.6 Å². The Hall–Kier alpha value is -2.77. The van der Waals surface area contributed by atoms with Gasteiger partial charge in [0.05, 0.1) is 7.11 Å². The highest BCUT2D eigenvalue weighted by Crippen LogP contribution is 2.22. The van der Waals surface area contributed by atoms with Crippen LogP contribution in [-0.4, -0.2) is 62.1 Å². The van der Waals surface area contributed by atoms with Crippen molar-refractivity contribution in [2.24, 2.45) is 0 Å². The summed E-state index contributed by atoms with van der Waals surface area (Å²) in [6, 6.07) is 6.78. The number of hydrogen-bond donors (Lipinski definition) is 2. The average molecular weight is 346 g/mol. The number of carbonyl (C=O) groups is 3. The molecule has 134 valence electrons. The van der Waals surface area contributed by atoms with Crippen LogP contribution in [0.2, 0.25) is 0 Å². The molecule has 0 unspecified atom stereocenters. The fourth-order valence-corrected chi connectivity index (χ4v) is 3.11. The molecular formula is C17H22N4O4. The number of anilines is 1. The van der Waals surface area contributed by atoms with E-state index in [2.05, 4.69) is 15.5 Å². The highest BCUT2D eigenvalue weighted by Gasteiger charge is 2.30. The minimum atomic E-state index is -0.602. The van der Waals surface area contributed by atoms with E-state index in [1.54, 1.807) is 7.11 Å². The van der Waals surface area contributed by atoms with Crippen LogP contribution in [0, 0.1) is 0 Å². The fourth-order valence-electron chi connectivity index (χ4n) is 3.11. The molecule has 2 heterocycles. The van der Waals surface area contributed by atoms with E-state index in [-0.39, 0.29) is 18.2 Å². The Morgan fingerprint density at radius 3 is 2.64 bits per heavy atom. The van der Waals surface area contributed by atoms with Gasteiger partial charge in [0.2, 0.25) is 5.91 Å². The van der Waals surface area contributed by atoms with Gasteiger partial charge in [-0.25, -0.2) is 4.79 Å². The summed E-state index contributed by atoms with van der Waals surface area (Å²) in [6.07, 6.45) is 0.573. The lowest BCUT2D eigenvalue weighted by Gasteiger charge is -2.36. The molecule has 4 amide bonds. The second-order valence-electron chi connectivity index (χ2n) is 6.12. The molecule has 2 saturated heterocycles. The second-order valence-corrected chi connectivity index (χ2v) is 6.12. The van der Waals surface area contributed by atoms with Gasteiger partial charge in [0, 0.05) is 44.4 Å². The lowest BCUT2D eigenvalue weighted by molar-refractivity contribution is -0.131. The Balaban J connectivity index is 1.47. The Morgan fingerprint density at radius 1 is 1.24 bits per heavy atom. The number of benzene rings is 1. The third kappa shape index (κ3) is 4.01. The maximum absolute atomic E-state index is 12.3. The molecule has 0 saturated carbocycles. The molecule has 2 aliphatic rings. The molecule has 0 aliphatic carbocycles. The van der Waals surface area contributed by atoms with Crippen LogP contribution in [0.15, 0.2) is 24.3 Å². The summed E-state index contributed by atoms with van der Waals surface area (Å²) in [5.41, 5.74) is 1.08. The molecule has 0 aromatic heterocycles. The van der Waals surface area contributed by atoms with Crippen molar-refractivity contribution in [2.45, 2.75) is 18.9 Å². The van der Waals surface area contributed by atoms with Gasteiger partial charge >= 0.3 is 6.03 Å². The molecule has 2 fully saturated rings. The fraction of sp³-hybridized carbons (Fsp3) is 0.471. The number of amides is 4. The smallest absolute Gasteiger partial charge is 0.322 e. The van der Waals surface area contributed by atoms with E-state index in [9.17, 15) is 14.4 Å². The zero-order valence-electron chi connectivity index (χ0n) is 14.2. The molecule has 2 N–H and O–H groups in total. The quantitative estimate of drug-likeness (QED) is 0.750. The zero-order valence-corrected chi connectivity index (χ0v) is 14.2. The third-order valence-corrected chi connectivity index (χ3v) is 4.56. The highest BCUT2D eigenvalue weighted by atomic mass is 16.5. The summed E-state index contributed by atoms with van der Waals surface area (Å²) in [7, 11) is 1.64. The van der Waals surface area contributed by atoms with Gasteiger partial charge in [-0.15, -0.1) is 0 Å². The molecule has 0 bridgehead atoms. The van der Waals surface area contributed by atoms with Gasteiger partial charge < -0.3 is 19.9 Å². The Morgan fingerprint density at radius 2 is 2.00 bits per heavy atom. The SMILES string of the molecule is COc1cccc(N2CCN(C(=O)CC[C@@H]3NC(=O)NC3=O)CC2)c1. The number of nitrogens with one attached hydrogen (secondary N) is 2. The predicted octanol–water partition coefficient (Wildman–Crippen LogP) is 0.332. The first-order valence-electron chi connectivity index (χ1n) is 8.35. The number of nitrogens with zero attached hydrogens (tertiary/aromatic N) is 2. The van der Waals surface area contributed by atoms with Crippen molar-refractivity contribution in [1.29, 1.82) is 0 Å². The summed E-state index contributed by atoms with van der Waals surface area (Å²) < 4.78 is 5.25. The van der Waals surface area contributed by atoms with E-state index >= 15 is 0 Å². The second kappa shape index (κ2) is 7.42. The largest absolute Gasteiger partial charge is 0.497 e. The van der Waals surface area contributed by atoms with Crippen LogP contribution in [0.3, 0.4) is 0 Å². The Bertz CT molecular complexity index is 670. The number of rotatable bonds is 5. The van der Waals surface area contributed by atoms with E-state index in [0.29, 0.717) is 19.5 Å². The van der Waals surface area contributed by atoms with Crippen LogP contribution in [-0.2, 0) is 9.59 Å². The molecule has 25 heavy (non-hydrogen) atoms. The minimum absolute atomic E-state index is 0.0132. The van der Waals surface area contributed by atoms with Crippen LogP contribution in [0.4, 0.5) is 10.5 Å². The topological polar surface area (TPSA) is 91.0 Å². The van der Waals surface area contributed by atoms with Crippen molar-refractivity contribution in [3.63, 3.8) is 0 Å². The summed E-state index contributed by atoms with van der Waals surface area (Å²) >= 11 is 0. The first kappa shape index (κ1) is 17.1. The van der Waals surface area contributed by atoms with E-state index in [4.69, 9.17) is 4.74 Å². The van der Waals surface area contributed by atoms with Gasteiger partial charge in [-0.1, -0.05) is 6.07 Å². The molecule has 8 heteroatoms. The van der Waals surface area contributed by atoms with E-state index in [1.807, 2.05) is 29.2 Å². The Labute approximate surface area is 146 Å². The van der Waals surface area contributed by atoms with Gasteiger partial charge in [0.15, 0.2) is 0 Å².